The molecule has 0 aliphatic rings. The van der Waals surface area contributed by atoms with Gasteiger partial charge in [0.2, 0.25) is 0 Å². The minimum atomic E-state index is 0. The van der Waals surface area contributed by atoms with Crippen molar-refractivity contribution in [3.8, 4) is 0 Å². The number of benzene rings is 1. The van der Waals surface area contributed by atoms with Gasteiger partial charge in [-0.2, -0.15) is 0 Å². The Kier molecular flexibility index (Phi) is 62.4. The molecule has 0 saturated carbocycles. The molecule has 0 fully saturated rings. The maximum Gasteiger partial charge on any atom is 2.00 e. The summed E-state index contributed by atoms with van der Waals surface area (Å²) in [5, 5.41) is 12.5. The van der Waals surface area contributed by atoms with E-state index in [1.165, 1.54) is 0 Å². The molecule has 0 radical (unpaired) electrons. The average molecular weight is 206 g/mol. The molecular weight excluding hydrogens is 197 g/mol. The summed E-state index contributed by atoms with van der Waals surface area (Å²) in [5.74, 6) is 0. The number of rotatable bonds is 0. The van der Waals surface area contributed by atoms with Crippen molar-refractivity contribution < 1.29 is 16.5 Å². The van der Waals surface area contributed by atoms with Crippen molar-refractivity contribution in [2.75, 3.05) is 0 Å². The molecule has 0 saturated heterocycles. The standard InChI is InChI=1S/C6H6.2CN.H3N.Ni/c1-2-4-6-5-3-1;2*1-2;;/h1-6H;;;1H3;/q;2*-1;;+2. The molecule has 3 nitrogen and oxygen atoms in total. The van der Waals surface area contributed by atoms with Crippen LogP contribution in [-0.2, 0) is 16.5 Å². The van der Waals surface area contributed by atoms with Crippen molar-refractivity contribution in [1.82, 2.24) is 6.15 Å². The van der Waals surface area contributed by atoms with Crippen molar-refractivity contribution in [3.63, 3.8) is 0 Å². The summed E-state index contributed by atoms with van der Waals surface area (Å²) in [6.07, 6.45) is 0. The second-order valence-corrected chi connectivity index (χ2v) is 1.15. The zero-order valence-corrected chi connectivity index (χ0v) is 7.37. The first-order chi connectivity index (χ1) is 5.00. The third-order valence-corrected chi connectivity index (χ3v) is 0.667. The van der Waals surface area contributed by atoms with E-state index in [9.17, 15) is 0 Å². The summed E-state index contributed by atoms with van der Waals surface area (Å²) in [6, 6.07) is 12.0. The van der Waals surface area contributed by atoms with Gasteiger partial charge in [-0.3, -0.25) is 0 Å². The van der Waals surface area contributed by atoms with E-state index < -0.39 is 0 Å². The van der Waals surface area contributed by atoms with E-state index in [1.54, 1.807) is 0 Å². The Morgan fingerprint density at radius 1 is 0.583 bits per heavy atom. The molecule has 12 heavy (non-hydrogen) atoms. The SMILES string of the molecule is N.[C-]#N.[C-]#N.[Ni+2].c1ccccc1. The molecule has 0 spiro atoms. The van der Waals surface area contributed by atoms with Crippen LogP contribution in [0.25, 0.3) is 0 Å². The maximum absolute atomic E-state index is 6.25. The molecular formula is C8H9N3Ni. The van der Waals surface area contributed by atoms with Crippen LogP contribution < -0.4 is 6.15 Å². The second kappa shape index (κ2) is 33.4. The quantitative estimate of drug-likeness (QED) is 0.520. The van der Waals surface area contributed by atoms with Crippen molar-refractivity contribution in [1.29, 1.82) is 10.5 Å². The van der Waals surface area contributed by atoms with Crippen molar-refractivity contribution in [2.24, 2.45) is 0 Å². The van der Waals surface area contributed by atoms with Gasteiger partial charge in [-0.05, 0) is 0 Å². The van der Waals surface area contributed by atoms with Crippen LogP contribution >= 0.6 is 0 Å². The van der Waals surface area contributed by atoms with E-state index in [0.717, 1.165) is 0 Å². The first kappa shape index (κ1) is 22.4. The van der Waals surface area contributed by atoms with Crippen LogP contribution in [0, 0.1) is 23.7 Å². The van der Waals surface area contributed by atoms with E-state index in [4.69, 9.17) is 23.7 Å². The van der Waals surface area contributed by atoms with Crippen LogP contribution in [0.2, 0.25) is 0 Å². The van der Waals surface area contributed by atoms with Crippen molar-refractivity contribution in [3.05, 3.63) is 49.5 Å². The van der Waals surface area contributed by atoms with E-state index >= 15 is 0 Å². The summed E-state index contributed by atoms with van der Waals surface area (Å²) in [7, 11) is 0. The molecule has 0 aliphatic carbocycles. The molecule has 0 heterocycles. The average Bonchev–Trinajstić information content (AvgIpc) is 2.14. The molecule has 1 aromatic rings. The fourth-order valence-electron chi connectivity index (χ4n) is 0.385. The number of hydrogen-bond donors (Lipinski definition) is 1. The molecule has 66 valence electrons. The molecule has 0 amide bonds. The molecule has 0 aromatic heterocycles. The van der Waals surface area contributed by atoms with Crippen LogP contribution in [0.15, 0.2) is 36.4 Å². The Balaban J connectivity index is -0.0000000480. The van der Waals surface area contributed by atoms with Gasteiger partial charge >= 0.3 is 16.5 Å². The Hall–Kier alpha value is -1.35. The van der Waals surface area contributed by atoms with Crippen molar-refractivity contribution in [2.45, 2.75) is 0 Å². The summed E-state index contributed by atoms with van der Waals surface area (Å²) in [4.78, 5) is 0. The van der Waals surface area contributed by atoms with Gasteiger partial charge in [0.05, 0.1) is 0 Å². The molecule has 4 heteroatoms. The molecule has 1 rings (SSSR count). The van der Waals surface area contributed by atoms with Crippen LogP contribution in [0.1, 0.15) is 0 Å². The first-order valence-electron chi connectivity index (χ1n) is 2.45. The van der Waals surface area contributed by atoms with E-state index in [0.29, 0.717) is 0 Å². The van der Waals surface area contributed by atoms with Gasteiger partial charge in [-0.15, -0.1) is 0 Å². The number of nitrogens with zero attached hydrogens (tertiary/aromatic N) is 2. The molecule has 0 aliphatic heterocycles. The van der Waals surface area contributed by atoms with E-state index in [-0.39, 0.29) is 22.6 Å². The fraction of sp³-hybridized carbons (Fsp3) is 0. The number of hydrogen-bond acceptors (Lipinski definition) is 3. The largest absolute Gasteiger partial charge is 2.00 e. The smallest absolute Gasteiger partial charge is 0.512 e. The maximum atomic E-state index is 6.25. The molecule has 1 aromatic carbocycles. The topological polar surface area (TPSA) is 82.6 Å². The van der Waals surface area contributed by atoms with E-state index in [1.807, 2.05) is 36.4 Å². The van der Waals surface area contributed by atoms with Crippen LogP contribution in [0.3, 0.4) is 0 Å². The summed E-state index contributed by atoms with van der Waals surface area (Å²) < 4.78 is 0. The molecule has 3 N–H and O–H groups in total. The monoisotopic (exact) mass is 205 g/mol. The Morgan fingerprint density at radius 2 is 0.667 bits per heavy atom. The van der Waals surface area contributed by atoms with Gasteiger partial charge in [0.15, 0.2) is 0 Å². The van der Waals surface area contributed by atoms with Crippen LogP contribution in [0.5, 0.6) is 0 Å². The van der Waals surface area contributed by atoms with Gasteiger partial charge in [0, 0.05) is 0 Å². The van der Waals surface area contributed by atoms with E-state index in [2.05, 4.69) is 0 Å². The Bertz CT molecular complexity index is 139. The zero-order valence-electron chi connectivity index (χ0n) is 6.38. The minimum absolute atomic E-state index is 0. The van der Waals surface area contributed by atoms with Crippen molar-refractivity contribution >= 4 is 0 Å². The summed E-state index contributed by atoms with van der Waals surface area (Å²) in [6.45, 7) is 9.50. The normalized spacial score (nSPS) is 4.33. The summed E-state index contributed by atoms with van der Waals surface area (Å²) in [5.41, 5.74) is 0. The molecule has 0 unspecified atom stereocenters. The predicted molar refractivity (Wildman–Crippen MR) is 41.4 cm³/mol. The van der Waals surface area contributed by atoms with Gasteiger partial charge in [0.25, 0.3) is 0 Å². The second-order valence-electron chi connectivity index (χ2n) is 1.15. The van der Waals surface area contributed by atoms with Gasteiger partial charge < -0.3 is 29.8 Å². The third-order valence-electron chi connectivity index (χ3n) is 0.667. The summed E-state index contributed by atoms with van der Waals surface area (Å²) >= 11 is 0. The zero-order chi connectivity index (χ0) is 8.24. The Morgan fingerprint density at radius 3 is 0.750 bits per heavy atom. The van der Waals surface area contributed by atoms with Crippen LogP contribution in [-0.4, -0.2) is 0 Å². The third kappa shape index (κ3) is 23.4. The first-order valence-corrected chi connectivity index (χ1v) is 2.45. The van der Waals surface area contributed by atoms with Gasteiger partial charge in [0.1, 0.15) is 0 Å². The molecule has 0 bridgehead atoms. The fourth-order valence-corrected chi connectivity index (χ4v) is 0.385. The molecule has 0 atom stereocenters. The Labute approximate surface area is 83.1 Å². The van der Waals surface area contributed by atoms with Gasteiger partial charge in [-0.25, -0.2) is 0 Å². The van der Waals surface area contributed by atoms with Gasteiger partial charge in [-0.1, -0.05) is 36.4 Å². The van der Waals surface area contributed by atoms with Crippen LogP contribution in [0.4, 0.5) is 0 Å². The minimum Gasteiger partial charge on any atom is -0.512 e. The predicted octanol–water partition coefficient (Wildman–Crippen LogP) is 2.04.